The summed E-state index contributed by atoms with van der Waals surface area (Å²) in [6.07, 6.45) is 6.87. The second kappa shape index (κ2) is 10.2. The number of Topliss-reactive ketones (excluding diaryl/α,β-unsaturated/α-hetero) is 1. The molecule has 1 aliphatic rings. The van der Waals surface area contributed by atoms with Crippen LogP contribution in [0, 0.1) is 19.5 Å². The monoisotopic (exact) mass is 663 g/mol. The molecule has 0 N–H and O–H groups in total. The van der Waals surface area contributed by atoms with Crippen molar-refractivity contribution in [1.82, 2.24) is 4.90 Å². The van der Waals surface area contributed by atoms with Crippen LogP contribution in [0.1, 0.15) is 15.9 Å². The van der Waals surface area contributed by atoms with Crippen molar-refractivity contribution >= 4 is 91.6 Å². The fraction of sp³-hybridized carbons (Fsp3) is 0.0952. The van der Waals surface area contributed by atoms with Gasteiger partial charge in [-0.25, -0.2) is 0 Å². The predicted molar refractivity (Wildman–Crippen MR) is 135 cm³/mol. The summed E-state index contributed by atoms with van der Waals surface area (Å²) in [5.74, 6) is 2.26. The van der Waals surface area contributed by atoms with Crippen molar-refractivity contribution in [1.29, 1.82) is 0 Å². The molecule has 2 aromatic carbocycles. The minimum absolute atomic E-state index is 0.159. The first-order chi connectivity index (χ1) is 14.3. The summed E-state index contributed by atoms with van der Waals surface area (Å²) >= 11 is 10.9. The van der Waals surface area contributed by atoms with Gasteiger partial charge in [-0.2, -0.15) is 0 Å². The Hall–Kier alpha value is -1.55. The van der Waals surface area contributed by atoms with Gasteiger partial charge in [-0.3, -0.25) is 19.3 Å². The lowest BCUT2D eigenvalue weighted by Gasteiger charge is -2.11. The predicted octanol–water partition coefficient (Wildman–Crippen LogP) is 5.48. The molecule has 3 rings (SSSR count). The number of carbonyl (C=O) groups excluding carboxylic acids is 3. The van der Waals surface area contributed by atoms with Gasteiger partial charge < -0.3 is 4.74 Å². The summed E-state index contributed by atoms with van der Waals surface area (Å²) in [4.78, 5) is 38.7. The molecule has 9 heteroatoms. The smallest absolute Gasteiger partial charge is 0.293 e. The molecule has 1 heterocycles. The molecule has 5 nitrogen and oxygen atoms in total. The molecule has 152 valence electrons. The number of nitrogens with zero attached hydrogens (tertiary/aromatic N) is 1. The fourth-order valence-corrected chi connectivity index (χ4v) is 5.66. The van der Waals surface area contributed by atoms with Crippen LogP contribution in [0.2, 0.25) is 5.02 Å². The zero-order valence-corrected chi connectivity index (χ0v) is 21.0. The topological polar surface area (TPSA) is 63.7 Å². The second-order valence-electron chi connectivity index (χ2n) is 6.00. The van der Waals surface area contributed by atoms with Crippen molar-refractivity contribution < 1.29 is 19.1 Å². The van der Waals surface area contributed by atoms with E-state index in [1.165, 1.54) is 0 Å². The van der Waals surface area contributed by atoms with Crippen molar-refractivity contribution in [2.45, 2.75) is 0 Å². The van der Waals surface area contributed by atoms with E-state index in [0.29, 0.717) is 16.3 Å². The van der Waals surface area contributed by atoms with Crippen LogP contribution in [0.25, 0.3) is 6.08 Å². The van der Waals surface area contributed by atoms with E-state index in [4.69, 9.17) is 22.8 Å². The second-order valence-corrected chi connectivity index (χ2v) is 9.76. The van der Waals surface area contributed by atoms with Crippen molar-refractivity contribution in [3.8, 4) is 18.1 Å². The number of thioether (sulfide) groups is 1. The molecular weight excluding hydrogens is 652 g/mol. The van der Waals surface area contributed by atoms with Gasteiger partial charge in [0.1, 0.15) is 12.4 Å². The van der Waals surface area contributed by atoms with Crippen LogP contribution in [0.15, 0.2) is 41.3 Å². The highest BCUT2D eigenvalue weighted by Crippen LogP contribution is 2.35. The molecule has 0 atom stereocenters. The van der Waals surface area contributed by atoms with Crippen LogP contribution in [-0.4, -0.2) is 35.0 Å². The third-order valence-electron chi connectivity index (χ3n) is 3.96. The first kappa shape index (κ1) is 23.1. The first-order valence-corrected chi connectivity index (χ1v) is 11.7. The number of imide groups is 1. The molecule has 1 aliphatic heterocycles. The lowest BCUT2D eigenvalue weighted by atomic mass is 10.1. The molecule has 0 aliphatic carbocycles. The van der Waals surface area contributed by atoms with Gasteiger partial charge in [0.25, 0.3) is 11.1 Å². The maximum absolute atomic E-state index is 12.7. The van der Waals surface area contributed by atoms with E-state index in [-0.39, 0.29) is 23.8 Å². The third kappa shape index (κ3) is 5.38. The Morgan fingerprint density at radius 2 is 1.83 bits per heavy atom. The minimum atomic E-state index is -0.495. The Labute approximate surface area is 209 Å². The van der Waals surface area contributed by atoms with Gasteiger partial charge in [-0.05, 0) is 105 Å². The van der Waals surface area contributed by atoms with E-state index < -0.39 is 11.1 Å². The Bertz CT molecular complexity index is 1090. The van der Waals surface area contributed by atoms with Crippen LogP contribution in [0.4, 0.5) is 4.79 Å². The molecule has 1 saturated heterocycles. The molecule has 0 saturated carbocycles. The highest BCUT2D eigenvalue weighted by atomic mass is 127. The van der Waals surface area contributed by atoms with E-state index in [1.807, 2.05) is 12.1 Å². The van der Waals surface area contributed by atoms with Crippen LogP contribution >= 0.6 is 68.5 Å². The highest BCUT2D eigenvalue weighted by Gasteiger charge is 2.36. The summed E-state index contributed by atoms with van der Waals surface area (Å²) in [6.45, 7) is -0.163. The summed E-state index contributed by atoms with van der Waals surface area (Å²) < 4.78 is 7.20. The molecule has 0 unspecified atom stereocenters. The summed E-state index contributed by atoms with van der Waals surface area (Å²) in [7, 11) is 0. The number of ether oxygens (including phenoxy) is 1. The number of amides is 2. The largest absolute Gasteiger partial charge is 0.479 e. The Kier molecular flexibility index (Phi) is 7.84. The molecule has 0 spiro atoms. The third-order valence-corrected chi connectivity index (χ3v) is 6.72. The number of rotatable bonds is 6. The zero-order chi connectivity index (χ0) is 21.8. The SMILES string of the molecule is C#CCOc1c(I)cc(/C=C2\SC(=O)N(CC(=O)c3ccc(Cl)cc3)C2=O)cc1I. The highest BCUT2D eigenvalue weighted by molar-refractivity contribution is 14.1. The maximum Gasteiger partial charge on any atom is 0.293 e. The van der Waals surface area contributed by atoms with E-state index in [9.17, 15) is 14.4 Å². The molecule has 2 amide bonds. The standard InChI is InChI=1S/C21H12ClI2NO4S/c1-2-7-29-19-15(23)8-12(9-16(19)24)10-18-20(27)25(21(28)30-18)11-17(26)13-3-5-14(22)6-4-13/h1,3-6,8-10H,7,11H2/b18-10-. The lowest BCUT2D eigenvalue weighted by molar-refractivity contribution is -0.122. The molecule has 0 radical (unpaired) electrons. The van der Waals surface area contributed by atoms with Gasteiger partial charge in [0.05, 0.1) is 18.6 Å². The average Bonchev–Trinajstić information content (AvgIpc) is 2.95. The van der Waals surface area contributed by atoms with E-state index >= 15 is 0 Å². The number of ketones is 1. The number of carbonyl (C=O) groups is 3. The number of hydrogen-bond acceptors (Lipinski definition) is 5. The van der Waals surface area contributed by atoms with Crippen molar-refractivity contribution in [2.24, 2.45) is 0 Å². The molecule has 1 fully saturated rings. The molecule has 0 aromatic heterocycles. The van der Waals surface area contributed by atoms with Gasteiger partial charge in [0.15, 0.2) is 5.78 Å². The number of benzene rings is 2. The zero-order valence-electron chi connectivity index (χ0n) is 15.2. The fourth-order valence-electron chi connectivity index (χ4n) is 2.57. The average molecular weight is 664 g/mol. The summed E-state index contributed by atoms with van der Waals surface area (Å²) in [5.41, 5.74) is 1.13. The lowest BCUT2D eigenvalue weighted by Crippen LogP contribution is -2.33. The quantitative estimate of drug-likeness (QED) is 0.177. The van der Waals surface area contributed by atoms with Gasteiger partial charge in [0, 0.05) is 10.6 Å². The van der Waals surface area contributed by atoms with Crippen LogP contribution in [0.3, 0.4) is 0 Å². The Morgan fingerprint density at radius 1 is 1.20 bits per heavy atom. The van der Waals surface area contributed by atoms with Gasteiger partial charge in [-0.1, -0.05) is 17.5 Å². The normalized spacial score (nSPS) is 14.9. The van der Waals surface area contributed by atoms with Crippen LogP contribution < -0.4 is 4.74 Å². The molecule has 30 heavy (non-hydrogen) atoms. The van der Waals surface area contributed by atoms with Crippen molar-refractivity contribution in [3.63, 3.8) is 0 Å². The maximum atomic E-state index is 12.7. The van der Waals surface area contributed by atoms with Crippen LogP contribution in [0.5, 0.6) is 5.75 Å². The molecule has 0 bridgehead atoms. The first-order valence-electron chi connectivity index (χ1n) is 8.39. The van der Waals surface area contributed by atoms with E-state index in [2.05, 4.69) is 51.1 Å². The van der Waals surface area contributed by atoms with E-state index in [0.717, 1.165) is 29.4 Å². The number of hydrogen-bond donors (Lipinski definition) is 0. The Morgan fingerprint density at radius 3 is 2.43 bits per heavy atom. The van der Waals surface area contributed by atoms with Crippen molar-refractivity contribution in [2.75, 3.05) is 13.2 Å². The number of halogens is 3. The molecular formula is C21H12ClI2NO4S. The van der Waals surface area contributed by atoms with Crippen molar-refractivity contribution in [3.05, 3.63) is 64.6 Å². The molecule has 2 aromatic rings. The van der Waals surface area contributed by atoms with Gasteiger partial charge in [0.2, 0.25) is 0 Å². The van der Waals surface area contributed by atoms with Gasteiger partial charge >= 0.3 is 0 Å². The number of terminal acetylenes is 1. The summed E-state index contributed by atoms with van der Waals surface area (Å²) in [5, 5.41) is 0.0209. The van der Waals surface area contributed by atoms with E-state index in [1.54, 1.807) is 30.3 Å². The summed E-state index contributed by atoms with van der Waals surface area (Å²) in [6, 6.07) is 9.97. The van der Waals surface area contributed by atoms with Crippen LogP contribution in [-0.2, 0) is 4.79 Å². The Balaban J connectivity index is 1.78. The van der Waals surface area contributed by atoms with Gasteiger partial charge in [-0.15, -0.1) is 6.42 Å². The minimum Gasteiger partial charge on any atom is -0.479 e.